The SMILES string of the molecule is Cc1ccc(C(=O)C=Cc2ccc(-c3ccc([N+](=O)[O-])cc3Br)o2)cc1. The van der Waals surface area contributed by atoms with Crippen molar-refractivity contribution in [2.75, 3.05) is 0 Å². The van der Waals surface area contributed by atoms with Crippen LogP contribution in [-0.2, 0) is 0 Å². The van der Waals surface area contributed by atoms with Crippen LogP contribution in [0, 0.1) is 17.0 Å². The molecular weight excluding hydrogens is 398 g/mol. The molecule has 0 aliphatic carbocycles. The number of benzene rings is 2. The summed E-state index contributed by atoms with van der Waals surface area (Å²) in [5, 5.41) is 10.8. The number of rotatable bonds is 5. The first-order valence-electron chi connectivity index (χ1n) is 7.77. The molecule has 1 aromatic heterocycles. The van der Waals surface area contributed by atoms with Crippen LogP contribution in [0.1, 0.15) is 21.7 Å². The van der Waals surface area contributed by atoms with Crippen LogP contribution in [0.15, 0.2) is 69.6 Å². The molecule has 0 atom stereocenters. The lowest BCUT2D eigenvalue weighted by Gasteiger charge is -2.00. The molecule has 0 unspecified atom stereocenters. The van der Waals surface area contributed by atoms with Crippen LogP contribution >= 0.6 is 15.9 Å². The molecule has 0 aliphatic rings. The molecule has 3 aromatic rings. The molecular formula is C20H14BrNO4. The number of aryl methyl sites for hydroxylation is 1. The first-order valence-corrected chi connectivity index (χ1v) is 8.56. The number of ketones is 1. The van der Waals surface area contributed by atoms with E-state index in [0.717, 1.165) is 5.56 Å². The maximum absolute atomic E-state index is 12.2. The number of furan rings is 1. The second-order valence-electron chi connectivity index (χ2n) is 5.69. The summed E-state index contributed by atoms with van der Waals surface area (Å²) in [5.74, 6) is 0.958. The van der Waals surface area contributed by atoms with Crippen molar-refractivity contribution < 1.29 is 14.1 Å². The number of nitrogens with zero attached hydrogens (tertiary/aromatic N) is 1. The third-order valence-corrected chi connectivity index (χ3v) is 4.45. The molecule has 0 saturated heterocycles. The van der Waals surface area contributed by atoms with Crippen molar-refractivity contribution in [3.8, 4) is 11.3 Å². The van der Waals surface area contributed by atoms with E-state index in [0.29, 0.717) is 27.1 Å². The molecule has 5 nitrogen and oxygen atoms in total. The van der Waals surface area contributed by atoms with Crippen molar-refractivity contribution in [3.63, 3.8) is 0 Å². The van der Waals surface area contributed by atoms with Crippen LogP contribution in [0.3, 0.4) is 0 Å². The summed E-state index contributed by atoms with van der Waals surface area (Å²) < 4.78 is 6.28. The molecule has 130 valence electrons. The molecule has 0 spiro atoms. The van der Waals surface area contributed by atoms with E-state index in [-0.39, 0.29) is 11.5 Å². The first-order chi connectivity index (χ1) is 12.4. The Morgan fingerprint density at radius 2 is 1.85 bits per heavy atom. The minimum atomic E-state index is -0.457. The monoisotopic (exact) mass is 411 g/mol. The Hall–Kier alpha value is -2.99. The third-order valence-electron chi connectivity index (χ3n) is 3.79. The van der Waals surface area contributed by atoms with E-state index >= 15 is 0 Å². The number of halogens is 1. The highest BCUT2D eigenvalue weighted by Crippen LogP contribution is 2.32. The Balaban J connectivity index is 1.78. The number of hydrogen-bond acceptors (Lipinski definition) is 4. The quantitative estimate of drug-likeness (QED) is 0.229. The molecule has 0 saturated carbocycles. The van der Waals surface area contributed by atoms with E-state index in [9.17, 15) is 14.9 Å². The highest BCUT2D eigenvalue weighted by Gasteiger charge is 2.13. The summed E-state index contributed by atoms with van der Waals surface area (Å²) in [6.07, 6.45) is 3.06. The third kappa shape index (κ3) is 3.97. The van der Waals surface area contributed by atoms with Gasteiger partial charge in [0.1, 0.15) is 11.5 Å². The maximum Gasteiger partial charge on any atom is 0.270 e. The molecule has 0 aliphatic heterocycles. The van der Waals surface area contributed by atoms with Crippen molar-refractivity contribution in [3.05, 3.63) is 92.1 Å². The topological polar surface area (TPSA) is 73.3 Å². The molecule has 1 heterocycles. The summed E-state index contributed by atoms with van der Waals surface area (Å²) >= 11 is 3.32. The van der Waals surface area contributed by atoms with Gasteiger partial charge in [-0.1, -0.05) is 29.8 Å². The van der Waals surface area contributed by atoms with E-state index in [1.807, 2.05) is 19.1 Å². The maximum atomic E-state index is 12.2. The van der Waals surface area contributed by atoms with E-state index in [4.69, 9.17) is 4.42 Å². The molecule has 0 N–H and O–H groups in total. The normalized spacial score (nSPS) is 11.0. The van der Waals surface area contributed by atoms with Crippen molar-refractivity contribution >= 4 is 33.5 Å². The second-order valence-corrected chi connectivity index (χ2v) is 6.54. The fourth-order valence-corrected chi connectivity index (χ4v) is 2.94. The summed E-state index contributed by atoms with van der Waals surface area (Å²) in [5.41, 5.74) is 2.39. The zero-order valence-corrected chi connectivity index (χ0v) is 15.4. The molecule has 2 aromatic carbocycles. The van der Waals surface area contributed by atoms with Crippen LogP contribution in [-0.4, -0.2) is 10.7 Å². The zero-order valence-electron chi connectivity index (χ0n) is 13.8. The summed E-state index contributed by atoms with van der Waals surface area (Å²) in [6, 6.07) is 15.3. The van der Waals surface area contributed by atoms with Gasteiger partial charge in [0.05, 0.1) is 4.92 Å². The van der Waals surface area contributed by atoms with Crippen LogP contribution in [0.25, 0.3) is 17.4 Å². The molecule has 0 radical (unpaired) electrons. The lowest BCUT2D eigenvalue weighted by molar-refractivity contribution is -0.384. The van der Waals surface area contributed by atoms with Gasteiger partial charge in [-0.25, -0.2) is 0 Å². The van der Waals surface area contributed by atoms with Gasteiger partial charge < -0.3 is 4.42 Å². The molecule has 0 bridgehead atoms. The fourth-order valence-electron chi connectivity index (χ4n) is 2.38. The predicted molar refractivity (Wildman–Crippen MR) is 103 cm³/mol. The Labute approximate surface area is 158 Å². The van der Waals surface area contributed by atoms with Crippen molar-refractivity contribution in [2.24, 2.45) is 0 Å². The van der Waals surface area contributed by atoms with E-state index in [1.54, 1.807) is 36.4 Å². The van der Waals surface area contributed by atoms with Crippen LogP contribution in [0.2, 0.25) is 0 Å². The Kier molecular flexibility index (Phi) is 5.14. The van der Waals surface area contributed by atoms with Crippen LogP contribution < -0.4 is 0 Å². The molecule has 0 amide bonds. The van der Waals surface area contributed by atoms with Gasteiger partial charge in [-0.3, -0.25) is 14.9 Å². The Bertz CT molecular complexity index is 1000. The summed E-state index contributed by atoms with van der Waals surface area (Å²) in [6.45, 7) is 1.96. The largest absolute Gasteiger partial charge is 0.457 e. The number of carbonyl (C=O) groups excluding carboxylic acids is 1. The number of nitro groups is 1. The lowest BCUT2D eigenvalue weighted by atomic mass is 10.1. The number of nitro benzene ring substituents is 1. The average Bonchev–Trinajstić information content (AvgIpc) is 3.08. The van der Waals surface area contributed by atoms with Gasteiger partial charge in [0.25, 0.3) is 5.69 Å². The smallest absolute Gasteiger partial charge is 0.270 e. The molecule has 26 heavy (non-hydrogen) atoms. The van der Waals surface area contributed by atoms with Crippen molar-refractivity contribution in [1.82, 2.24) is 0 Å². The van der Waals surface area contributed by atoms with Gasteiger partial charge in [-0.05, 0) is 53.2 Å². The lowest BCUT2D eigenvalue weighted by Crippen LogP contribution is -1.93. The minimum absolute atomic E-state index is 0.00371. The van der Waals surface area contributed by atoms with Gasteiger partial charge in [0, 0.05) is 27.7 Å². The van der Waals surface area contributed by atoms with Crippen LogP contribution in [0.5, 0.6) is 0 Å². The Morgan fingerprint density at radius 3 is 2.50 bits per heavy atom. The fraction of sp³-hybridized carbons (Fsp3) is 0.0500. The van der Waals surface area contributed by atoms with Crippen LogP contribution in [0.4, 0.5) is 5.69 Å². The van der Waals surface area contributed by atoms with Crippen molar-refractivity contribution in [1.29, 1.82) is 0 Å². The van der Waals surface area contributed by atoms with E-state index < -0.39 is 4.92 Å². The predicted octanol–water partition coefficient (Wildman–Crippen LogP) is 5.82. The molecule has 0 fully saturated rings. The van der Waals surface area contributed by atoms with Gasteiger partial charge in [0.15, 0.2) is 5.78 Å². The number of hydrogen-bond donors (Lipinski definition) is 0. The second kappa shape index (κ2) is 7.49. The zero-order chi connectivity index (χ0) is 18.7. The van der Waals surface area contributed by atoms with E-state index in [2.05, 4.69) is 15.9 Å². The number of non-ortho nitro benzene ring substituents is 1. The van der Waals surface area contributed by atoms with Gasteiger partial charge in [-0.15, -0.1) is 0 Å². The number of carbonyl (C=O) groups is 1. The van der Waals surface area contributed by atoms with Crippen molar-refractivity contribution in [2.45, 2.75) is 6.92 Å². The highest BCUT2D eigenvalue weighted by atomic mass is 79.9. The first kappa shape index (κ1) is 17.8. The standard InChI is InChI=1S/C20H14BrNO4/c1-13-2-4-14(5-3-13)19(23)10-7-16-8-11-20(26-16)17-9-6-15(22(24)25)12-18(17)21/h2-12H,1H3. The van der Waals surface area contributed by atoms with E-state index in [1.165, 1.54) is 18.2 Å². The highest BCUT2D eigenvalue weighted by molar-refractivity contribution is 9.10. The summed E-state index contributed by atoms with van der Waals surface area (Å²) in [7, 11) is 0. The molecule has 3 rings (SSSR count). The minimum Gasteiger partial charge on any atom is -0.457 e. The van der Waals surface area contributed by atoms with Gasteiger partial charge in [-0.2, -0.15) is 0 Å². The number of allylic oxidation sites excluding steroid dienone is 1. The average molecular weight is 412 g/mol. The molecule has 6 heteroatoms. The van der Waals surface area contributed by atoms with Gasteiger partial charge in [0.2, 0.25) is 0 Å². The summed E-state index contributed by atoms with van der Waals surface area (Å²) in [4.78, 5) is 22.5. The van der Waals surface area contributed by atoms with Gasteiger partial charge >= 0.3 is 0 Å². The Morgan fingerprint density at radius 1 is 1.12 bits per heavy atom.